The predicted molar refractivity (Wildman–Crippen MR) is 216 cm³/mol. The number of aryl methyl sites for hydroxylation is 2. The van der Waals surface area contributed by atoms with Crippen molar-refractivity contribution in [3.8, 4) is 11.5 Å². The molecule has 0 bridgehead atoms. The monoisotopic (exact) mass is 812 g/mol. The highest BCUT2D eigenvalue weighted by Crippen LogP contribution is 2.32. The molecule has 3 aromatic heterocycles. The molecular weight excluding hydrogens is 765 g/mol. The number of fused-ring (bicyclic) bond motifs is 2. The van der Waals surface area contributed by atoms with E-state index in [1.807, 2.05) is 6.92 Å². The van der Waals surface area contributed by atoms with E-state index in [1.165, 1.54) is 38.5 Å². The number of esters is 1. The van der Waals surface area contributed by atoms with E-state index in [0.29, 0.717) is 77.7 Å². The number of anilines is 1. The van der Waals surface area contributed by atoms with Crippen molar-refractivity contribution >= 4 is 57.5 Å². The maximum atomic E-state index is 13.7. The van der Waals surface area contributed by atoms with Gasteiger partial charge in [-0.1, -0.05) is 12.2 Å². The number of hydrogen-bond donors (Lipinski definition) is 3. The van der Waals surface area contributed by atoms with Gasteiger partial charge in [0.25, 0.3) is 5.91 Å². The summed E-state index contributed by atoms with van der Waals surface area (Å²) in [6.07, 6.45) is 3.94. The third-order valence-corrected chi connectivity index (χ3v) is 9.82. The number of primary amides is 2. The molecule has 0 spiro atoms. The number of aromatic nitrogens is 6. The van der Waals surface area contributed by atoms with Crippen molar-refractivity contribution in [2.24, 2.45) is 11.5 Å². The van der Waals surface area contributed by atoms with Crippen molar-refractivity contribution in [2.75, 3.05) is 59.0 Å². The van der Waals surface area contributed by atoms with E-state index in [0.717, 1.165) is 19.6 Å². The summed E-state index contributed by atoms with van der Waals surface area (Å²) in [5.41, 5.74) is 14.2. The maximum Gasteiger partial charge on any atom is 0.305 e. The fourth-order valence-electron chi connectivity index (χ4n) is 6.89. The first kappa shape index (κ1) is 42.0. The molecule has 59 heavy (non-hydrogen) atoms. The van der Waals surface area contributed by atoms with Gasteiger partial charge in [-0.2, -0.15) is 5.10 Å². The van der Waals surface area contributed by atoms with Crippen LogP contribution in [0.1, 0.15) is 73.7 Å². The minimum Gasteiger partial charge on any atom is -0.494 e. The normalized spacial score (nSPS) is 13.3. The van der Waals surface area contributed by atoms with Crippen LogP contribution in [-0.2, 0) is 33.9 Å². The van der Waals surface area contributed by atoms with Crippen LogP contribution in [0.25, 0.3) is 22.1 Å². The van der Waals surface area contributed by atoms with E-state index in [-0.39, 0.29) is 48.8 Å². The average molecular weight is 813 g/mol. The Bertz CT molecular complexity index is 2420. The Morgan fingerprint density at radius 3 is 2.15 bits per heavy atom. The van der Waals surface area contributed by atoms with Gasteiger partial charge >= 0.3 is 5.97 Å². The number of rotatable bonds is 19. The number of allylic oxidation sites excluding steroid dienone is 2. The number of ketones is 1. The molecule has 0 radical (unpaired) electrons. The molecule has 1 fully saturated rings. The van der Waals surface area contributed by atoms with Gasteiger partial charge in [-0.15, -0.1) is 0 Å². The van der Waals surface area contributed by atoms with Gasteiger partial charge < -0.3 is 39.5 Å². The molecule has 0 saturated carbocycles. The zero-order valence-electron chi connectivity index (χ0n) is 33.5. The number of ether oxygens (including phenoxy) is 4. The maximum absolute atomic E-state index is 13.7. The SMILES string of the molecule is CCn1nc(C)cc1C(=O)Nc1nc2cc(C(N)=O)cc(OC)c2n1C/C=C/Cn1c(C(=O)CCC(=O)OC)nc2cc(C(N)=O)cc(OCCCN3CCOCC3)c21. The first-order valence-corrected chi connectivity index (χ1v) is 19.2. The highest BCUT2D eigenvalue weighted by atomic mass is 16.5. The van der Waals surface area contributed by atoms with Crippen LogP contribution in [0.3, 0.4) is 0 Å². The summed E-state index contributed by atoms with van der Waals surface area (Å²) in [4.78, 5) is 75.4. The average Bonchev–Trinajstić information content (AvgIpc) is 3.92. The first-order valence-electron chi connectivity index (χ1n) is 19.2. The summed E-state index contributed by atoms with van der Waals surface area (Å²) in [6, 6.07) is 7.73. The van der Waals surface area contributed by atoms with Crippen LogP contribution in [0.5, 0.6) is 11.5 Å². The van der Waals surface area contributed by atoms with Crippen LogP contribution in [0, 0.1) is 6.92 Å². The van der Waals surface area contributed by atoms with Crippen LogP contribution in [-0.4, -0.2) is 117 Å². The van der Waals surface area contributed by atoms with Crippen LogP contribution >= 0.6 is 0 Å². The number of methoxy groups -OCH3 is 2. The summed E-state index contributed by atoms with van der Waals surface area (Å²) in [7, 11) is 2.69. The van der Waals surface area contributed by atoms with E-state index >= 15 is 0 Å². The van der Waals surface area contributed by atoms with Crippen LogP contribution < -0.4 is 26.3 Å². The Labute approximate surface area is 339 Å². The van der Waals surface area contributed by atoms with E-state index in [4.69, 9.17) is 30.4 Å². The smallest absolute Gasteiger partial charge is 0.305 e. The predicted octanol–water partition coefficient (Wildman–Crippen LogP) is 2.86. The Hall–Kier alpha value is -6.60. The standard InChI is InChI=1S/C40H48N10O9/c1-5-50-29(19-24(2)46-50)39(55)45-40-44-28-21-25(36(41)53)22-31(56-3)34(28)49(40)13-7-6-12-48-35-27(43-38(48)30(51)9-10-33(52)57-4)20-26(37(42)54)23-32(35)59-16-8-11-47-14-17-58-18-15-47/h6-7,19-23H,5,8-18H2,1-4H3,(H2,41,53)(H2,42,54)(H,44,45,55)/b7-6+. The van der Waals surface area contributed by atoms with Gasteiger partial charge in [0.15, 0.2) is 11.6 Å². The second kappa shape index (κ2) is 18.8. The second-order valence-corrected chi connectivity index (χ2v) is 13.8. The van der Waals surface area contributed by atoms with Crippen LogP contribution in [0.15, 0.2) is 42.5 Å². The largest absolute Gasteiger partial charge is 0.494 e. The second-order valence-electron chi connectivity index (χ2n) is 13.8. The lowest BCUT2D eigenvalue weighted by molar-refractivity contribution is -0.140. The summed E-state index contributed by atoms with van der Waals surface area (Å²) in [6.45, 7) is 8.45. The molecule has 19 heteroatoms. The Morgan fingerprint density at radius 1 is 0.864 bits per heavy atom. The van der Waals surface area contributed by atoms with Gasteiger partial charge in [0.2, 0.25) is 17.8 Å². The Kier molecular flexibility index (Phi) is 13.4. The summed E-state index contributed by atoms with van der Waals surface area (Å²) in [5, 5.41) is 7.27. The zero-order chi connectivity index (χ0) is 42.2. The number of hydrogen-bond acceptors (Lipinski definition) is 13. The van der Waals surface area contributed by atoms with Crippen molar-refractivity contribution < 1.29 is 42.9 Å². The van der Waals surface area contributed by atoms with E-state index in [2.05, 4.69) is 25.3 Å². The topological polar surface area (TPSA) is 243 Å². The molecule has 0 atom stereocenters. The molecule has 5 aromatic rings. The molecule has 1 saturated heterocycles. The van der Waals surface area contributed by atoms with Crippen molar-refractivity contribution in [2.45, 2.75) is 52.7 Å². The van der Waals surface area contributed by atoms with Gasteiger partial charge in [0.05, 0.1) is 57.2 Å². The van der Waals surface area contributed by atoms with Crippen LogP contribution in [0.4, 0.5) is 5.95 Å². The highest BCUT2D eigenvalue weighted by Gasteiger charge is 2.24. The number of benzene rings is 2. The van der Waals surface area contributed by atoms with Crippen molar-refractivity contribution in [3.05, 3.63) is 70.8 Å². The number of Topliss-reactive ketones (excluding diaryl/α,β-unsaturated/α-hetero) is 1. The number of nitrogens with zero attached hydrogens (tertiary/aromatic N) is 7. The number of nitrogens with two attached hydrogens (primary N) is 2. The first-order chi connectivity index (χ1) is 28.4. The number of carbonyl (C=O) groups excluding carboxylic acids is 5. The van der Waals surface area contributed by atoms with Gasteiger partial charge in [-0.3, -0.25) is 38.9 Å². The molecule has 5 N–H and O–H groups in total. The number of carbonyl (C=O) groups is 5. The summed E-state index contributed by atoms with van der Waals surface area (Å²) < 4.78 is 27.1. The number of nitrogens with one attached hydrogen (secondary N) is 1. The van der Waals surface area contributed by atoms with Gasteiger partial charge in [-0.25, -0.2) is 9.97 Å². The number of morpholine rings is 1. The van der Waals surface area contributed by atoms with Gasteiger partial charge in [0.1, 0.15) is 28.2 Å². The fraction of sp³-hybridized carbons (Fsp3) is 0.400. The van der Waals surface area contributed by atoms with Crippen molar-refractivity contribution in [3.63, 3.8) is 0 Å². The molecular formula is C40H48N10O9. The molecule has 3 amide bonds. The molecule has 2 aromatic carbocycles. The molecule has 1 aliphatic heterocycles. The van der Waals surface area contributed by atoms with Gasteiger partial charge in [0, 0.05) is 56.8 Å². The molecule has 4 heterocycles. The van der Waals surface area contributed by atoms with E-state index in [1.54, 1.807) is 39.0 Å². The number of imidazole rings is 2. The Balaban J connectivity index is 1.36. The lowest BCUT2D eigenvalue weighted by atomic mass is 10.1. The third kappa shape index (κ3) is 9.58. The van der Waals surface area contributed by atoms with E-state index < -0.39 is 29.5 Å². The lowest BCUT2D eigenvalue weighted by Gasteiger charge is -2.26. The fourth-order valence-corrected chi connectivity index (χ4v) is 6.89. The third-order valence-electron chi connectivity index (χ3n) is 9.82. The molecule has 19 nitrogen and oxygen atoms in total. The van der Waals surface area contributed by atoms with Crippen molar-refractivity contribution in [1.29, 1.82) is 0 Å². The summed E-state index contributed by atoms with van der Waals surface area (Å²) in [5.74, 6) is -1.99. The highest BCUT2D eigenvalue weighted by molar-refractivity contribution is 6.05. The zero-order valence-corrected chi connectivity index (χ0v) is 33.5. The molecule has 0 unspecified atom stereocenters. The minimum absolute atomic E-state index is 0.0397. The Morgan fingerprint density at radius 2 is 1.51 bits per heavy atom. The van der Waals surface area contributed by atoms with Crippen molar-refractivity contribution in [1.82, 2.24) is 33.8 Å². The summed E-state index contributed by atoms with van der Waals surface area (Å²) >= 11 is 0. The quantitative estimate of drug-likeness (QED) is 0.0471. The molecule has 312 valence electrons. The lowest BCUT2D eigenvalue weighted by Crippen LogP contribution is -2.37. The number of amides is 3. The molecule has 6 rings (SSSR count). The van der Waals surface area contributed by atoms with Gasteiger partial charge in [-0.05, 0) is 50.6 Å². The minimum atomic E-state index is -0.693. The molecule has 0 aliphatic carbocycles. The van der Waals surface area contributed by atoms with E-state index in [9.17, 15) is 24.0 Å². The van der Waals surface area contributed by atoms with Crippen LogP contribution in [0.2, 0.25) is 0 Å². The molecule has 1 aliphatic rings.